The highest BCUT2D eigenvalue weighted by Crippen LogP contribution is 2.06. The Bertz CT molecular complexity index is 320. The van der Waals surface area contributed by atoms with Crippen LogP contribution in [0.4, 0.5) is 0 Å². The number of hydrogen-bond acceptors (Lipinski definition) is 3. The predicted octanol–water partition coefficient (Wildman–Crippen LogP) is 1.76. The number of amides is 1. The van der Waals surface area contributed by atoms with Crippen LogP contribution in [0.3, 0.4) is 0 Å². The van der Waals surface area contributed by atoms with Gasteiger partial charge >= 0.3 is 0 Å². The molecule has 0 spiro atoms. The second kappa shape index (κ2) is 8.33. The molecular weight excluding hydrogens is 226 g/mol. The van der Waals surface area contributed by atoms with Crippen molar-refractivity contribution in [3.05, 3.63) is 11.5 Å². The predicted molar refractivity (Wildman–Crippen MR) is 65.5 cm³/mol. The zero-order chi connectivity index (χ0) is 12.4. The molecule has 0 saturated heterocycles. The SMILES string of the molecule is CCCCCCC/C=C/S(=O)(=O)CC(N)=O. The summed E-state index contributed by atoms with van der Waals surface area (Å²) in [4.78, 5) is 10.4. The van der Waals surface area contributed by atoms with E-state index < -0.39 is 21.5 Å². The Hall–Kier alpha value is -0.840. The molecule has 0 radical (unpaired) electrons. The zero-order valence-electron chi connectivity index (χ0n) is 9.81. The Balaban J connectivity index is 3.71. The topological polar surface area (TPSA) is 77.2 Å². The molecule has 0 aromatic carbocycles. The molecule has 2 N–H and O–H groups in total. The van der Waals surface area contributed by atoms with Gasteiger partial charge in [-0.1, -0.05) is 38.7 Å². The molecule has 1 amide bonds. The maximum absolute atomic E-state index is 11.2. The van der Waals surface area contributed by atoms with Gasteiger partial charge in [-0.15, -0.1) is 0 Å². The van der Waals surface area contributed by atoms with E-state index in [4.69, 9.17) is 5.73 Å². The minimum atomic E-state index is -3.43. The summed E-state index contributed by atoms with van der Waals surface area (Å²) in [5, 5.41) is 1.09. The van der Waals surface area contributed by atoms with Crippen LogP contribution in [-0.2, 0) is 14.6 Å². The van der Waals surface area contributed by atoms with Gasteiger partial charge in [0.15, 0.2) is 9.84 Å². The summed E-state index contributed by atoms with van der Waals surface area (Å²) < 4.78 is 22.4. The Labute approximate surface area is 97.8 Å². The van der Waals surface area contributed by atoms with Crippen molar-refractivity contribution in [1.29, 1.82) is 0 Å². The van der Waals surface area contributed by atoms with Gasteiger partial charge in [-0.05, 0) is 12.8 Å². The number of sulfone groups is 1. The Morgan fingerprint density at radius 3 is 2.38 bits per heavy atom. The quantitative estimate of drug-likeness (QED) is 0.631. The maximum Gasteiger partial charge on any atom is 0.232 e. The fourth-order valence-electron chi connectivity index (χ4n) is 1.33. The smallest absolute Gasteiger partial charge is 0.232 e. The second-order valence-electron chi connectivity index (χ2n) is 3.85. The van der Waals surface area contributed by atoms with E-state index in [-0.39, 0.29) is 0 Å². The van der Waals surface area contributed by atoms with Crippen LogP contribution in [0, 0.1) is 0 Å². The van der Waals surface area contributed by atoms with Crippen LogP contribution in [0.15, 0.2) is 11.5 Å². The molecule has 0 aliphatic rings. The third kappa shape index (κ3) is 9.71. The molecule has 0 aliphatic carbocycles. The molecule has 16 heavy (non-hydrogen) atoms. The van der Waals surface area contributed by atoms with E-state index >= 15 is 0 Å². The molecule has 0 saturated carbocycles. The highest BCUT2D eigenvalue weighted by molar-refractivity contribution is 7.94. The first-order valence-electron chi connectivity index (χ1n) is 5.65. The van der Waals surface area contributed by atoms with Crippen LogP contribution in [0.5, 0.6) is 0 Å². The number of carbonyl (C=O) groups is 1. The van der Waals surface area contributed by atoms with Crippen molar-refractivity contribution in [3.63, 3.8) is 0 Å². The molecule has 94 valence electrons. The summed E-state index contributed by atoms with van der Waals surface area (Å²) in [6.45, 7) is 2.15. The minimum Gasteiger partial charge on any atom is -0.369 e. The van der Waals surface area contributed by atoms with Crippen LogP contribution >= 0.6 is 0 Å². The molecule has 4 nitrogen and oxygen atoms in total. The number of carbonyl (C=O) groups excluding carboxylic acids is 1. The lowest BCUT2D eigenvalue weighted by Gasteiger charge is -1.96. The van der Waals surface area contributed by atoms with Crippen molar-refractivity contribution in [2.45, 2.75) is 45.4 Å². The lowest BCUT2D eigenvalue weighted by molar-refractivity contribution is -0.115. The lowest BCUT2D eigenvalue weighted by Crippen LogP contribution is -2.21. The third-order valence-electron chi connectivity index (χ3n) is 2.12. The standard InChI is InChI=1S/C11H21NO3S/c1-2-3-4-5-6-7-8-9-16(14,15)10-11(12)13/h8-9H,2-7,10H2,1H3,(H2,12,13)/b9-8+. The first-order chi connectivity index (χ1) is 7.48. The Kier molecular flexibility index (Phi) is 7.89. The Morgan fingerprint density at radius 2 is 1.81 bits per heavy atom. The first-order valence-corrected chi connectivity index (χ1v) is 7.37. The van der Waals surface area contributed by atoms with Crippen molar-refractivity contribution >= 4 is 15.7 Å². The first kappa shape index (κ1) is 15.2. The molecule has 0 rings (SSSR count). The second-order valence-corrected chi connectivity index (χ2v) is 5.73. The number of primary amides is 1. The molecular formula is C11H21NO3S. The molecule has 0 fully saturated rings. The molecule has 5 heteroatoms. The normalized spacial score (nSPS) is 12.1. The average Bonchev–Trinajstić information content (AvgIpc) is 2.14. The summed E-state index contributed by atoms with van der Waals surface area (Å²) >= 11 is 0. The van der Waals surface area contributed by atoms with E-state index in [1.54, 1.807) is 6.08 Å². The molecule has 0 aromatic rings. The van der Waals surface area contributed by atoms with E-state index in [1.165, 1.54) is 19.3 Å². The lowest BCUT2D eigenvalue weighted by atomic mass is 10.1. The number of unbranched alkanes of at least 4 members (excludes halogenated alkanes) is 5. The van der Waals surface area contributed by atoms with Crippen molar-refractivity contribution in [3.8, 4) is 0 Å². The zero-order valence-corrected chi connectivity index (χ0v) is 10.6. The summed E-state index contributed by atoms with van der Waals surface area (Å²) in [6, 6.07) is 0. The largest absolute Gasteiger partial charge is 0.369 e. The fourth-order valence-corrected chi connectivity index (χ4v) is 2.25. The molecule has 0 bridgehead atoms. The van der Waals surface area contributed by atoms with Crippen LogP contribution in [-0.4, -0.2) is 20.1 Å². The number of allylic oxidation sites excluding steroid dienone is 1. The number of rotatable bonds is 9. The monoisotopic (exact) mass is 247 g/mol. The fraction of sp³-hybridized carbons (Fsp3) is 0.727. The number of nitrogens with two attached hydrogens (primary N) is 1. The summed E-state index contributed by atoms with van der Waals surface area (Å²) in [7, 11) is -3.43. The Morgan fingerprint density at radius 1 is 1.19 bits per heavy atom. The van der Waals surface area contributed by atoms with Crippen LogP contribution in [0.25, 0.3) is 0 Å². The molecule has 0 atom stereocenters. The van der Waals surface area contributed by atoms with Gasteiger partial charge in [-0.3, -0.25) is 4.79 Å². The van der Waals surface area contributed by atoms with E-state index in [9.17, 15) is 13.2 Å². The highest BCUT2D eigenvalue weighted by Gasteiger charge is 2.09. The van der Waals surface area contributed by atoms with Gasteiger partial charge in [0.25, 0.3) is 0 Å². The summed E-state index contributed by atoms with van der Waals surface area (Å²) in [6.07, 6.45) is 8.06. The van der Waals surface area contributed by atoms with Crippen molar-refractivity contribution in [1.82, 2.24) is 0 Å². The average molecular weight is 247 g/mol. The van der Waals surface area contributed by atoms with E-state index in [1.807, 2.05) is 0 Å². The van der Waals surface area contributed by atoms with Gasteiger partial charge in [0.1, 0.15) is 5.75 Å². The van der Waals surface area contributed by atoms with Gasteiger partial charge in [0.2, 0.25) is 5.91 Å². The van der Waals surface area contributed by atoms with Crippen LogP contribution < -0.4 is 5.73 Å². The van der Waals surface area contributed by atoms with Crippen molar-refractivity contribution in [2.75, 3.05) is 5.75 Å². The molecule has 0 heterocycles. The van der Waals surface area contributed by atoms with Crippen molar-refractivity contribution < 1.29 is 13.2 Å². The van der Waals surface area contributed by atoms with Crippen molar-refractivity contribution in [2.24, 2.45) is 5.73 Å². The summed E-state index contributed by atoms with van der Waals surface area (Å²) in [5.41, 5.74) is 4.81. The van der Waals surface area contributed by atoms with Gasteiger partial charge in [-0.25, -0.2) is 8.42 Å². The molecule has 0 aromatic heterocycles. The third-order valence-corrected chi connectivity index (χ3v) is 3.42. The van der Waals surface area contributed by atoms with E-state index in [0.29, 0.717) is 0 Å². The van der Waals surface area contributed by atoms with Gasteiger partial charge in [-0.2, -0.15) is 0 Å². The molecule has 0 unspecified atom stereocenters. The van der Waals surface area contributed by atoms with Gasteiger partial charge in [0.05, 0.1) is 0 Å². The summed E-state index contributed by atoms with van der Waals surface area (Å²) in [5.74, 6) is -1.41. The van der Waals surface area contributed by atoms with Gasteiger partial charge < -0.3 is 5.73 Å². The number of hydrogen-bond donors (Lipinski definition) is 1. The minimum absolute atomic E-state index is 0.598. The van der Waals surface area contributed by atoms with E-state index in [0.717, 1.165) is 24.7 Å². The van der Waals surface area contributed by atoms with Crippen LogP contribution in [0.2, 0.25) is 0 Å². The van der Waals surface area contributed by atoms with Gasteiger partial charge in [0, 0.05) is 5.41 Å². The van der Waals surface area contributed by atoms with E-state index in [2.05, 4.69) is 6.92 Å². The highest BCUT2D eigenvalue weighted by atomic mass is 32.2. The van der Waals surface area contributed by atoms with Crippen LogP contribution in [0.1, 0.15) is 45.4 Å². The molecule has 0 aliphatic heterocycles. The maximum atomic E-state index is 11.2.